The highest BCUT2D eigenvalue weighted by Crippen LogP contribution is 2.29. The molecule has 6 heteroatoms. The van der Waals surface area contributed by atoms with E-state index >= 15 is 0 Å². The zero-order valence-electron chi connectivity index (χ0n) is 16.8. The van der Waals surface area contributed by atoms with Crippen molar-refractivity contribution in [3.63, 3.8) is 0 Å². The van der Waals surface area contributed by atoms with Crippen molar-refractivity contribution in [1.29, 1.82) is 0 Å². The molecule has 30 heavy (non-hydrogen) atoms. The molecule has 0 atom stereocenters. The van der Waals surface area contributed by atoms with Crippen LogP contribution in [0.15, 0.2) is 65.6 Å². The van der Waals surface area contributed by atoms with Crippen LogP contribution < -0.4 is 5.56 Å². The van der Waals surface area contributed by atoms with Gasteiger partial charge in [-0.15, -0.1) is 11.3 Å². The Morgan fingerprint density at radius 1 is 1.10 bits per heavy atom. The molecule has 5 rings (SSSR count). The normalized spacial score (nSPS) is 13.9. The molecule has 0 amide bonds. The maximum absolute atomic E-state index is 12.8. The van der Waals surface area contributed by atoms with Gasteiger partial charge in [-0.05, 0) is 12.5 Å². The second-order valence-corrected chi connectivity index (χ2v) is 8.73. The molecule has 2 aromatic heterocycles. The second kappa shape index (κ2) is 7.97. The Morgan fingerprint density at radius 2 is 1.90 bits per heavy atom. The van der Waals surface area contributed by atoms with E-state index in [0.717, 1.165) is 41.3 Å². The topological polar surface area (TPSA) is 61.9 Å². The van der Waals surface area contributed by atoms with Crippen LogP contribution in [0.3, 0.4) is 0 Å². The van der Waals surface area contributed by atoms with Gasteiger partial charge in [0.05, 0.1) is 11.3 Å². The predicted octanol–water partition coefficient (Wildman–Crippen LogP) is 4.43. The molecule has 0 radical (unpaired) electrons. The van der Waals surface area contributed by atoms with E-state index in [1.54, 1.807) is 11.3 Å². The van der Waals surface area contributed by atoms with Gasteiger partial charge in [0.15, 0.2) is 0 Å². The number of hydrogen-bond donors (Lipinski definition) is 1. The Kier molecular flexibility index (Phi) is 5.02. The molecular weight excluding hydrogens is 392 g/mol. The molecule has 4 aromatic rings. The molecule has 150 valence electrons. The standard InChI is InChI=1S/C24H22N4OS/c1-16-7-5-6-10-19(16)24-25-13-18(30-24)14-28-12-11-21-20(15-28)23(29)27-22(26-21)17-8-3-2-4-9-17/h2-10,13H,11-12,14-15H2,1H3,(H,26,27,29). The van der Waals surface area contributed by atoms with Crippen molar-refractivity contribution in [2.24, 2.45) is 0 Å². The maximum Gasteiger partial charge on any atom is 0.255 e. The number of aromatic nitrogens is 3. The van der Waals surface area contributed by atoms with E-state index in [1.165, 1.54) is 16.0 Å². The Hall–Kier alpha value is -3.09. The van der Waals surface area contributed by atoms with Gasteiger partial charge in [-0.3, -0.25) is 9.69 Å². The average molecular weight is 415 g/mol. The largest absolute Gasteiger partial charge is 0.306 e. The van der Waals surface area contributed by atoms with Gasteiger partial charge >= 0.3 is 0 Å². The number of fused-ring (bicyclic) bond motifs is 1. The van der Waals surface area contributed by atoms with Crippen LogP contribution in [0.1, 0.15) is 21.7 Å². The lowest BCUT2D eigenvalue weighted by Crippen LogP contribution is -2.35. The molecule has 5 nitrogen and oxygen atoms in total. The minimum absolute atomic E-state index is 0.0338. The average Bonchev–Trinajstić information content (AvgIpc) is 3.23. The van der Waals surface area contributed by atoms with Crippen molar-refractivity contribution in [1.82, 2.24) is 19.9 Å². The number of nitrogens with one attached hydrogen (secondary N) is 1. The summed E-state index contributed by atoms with van der Waals surface area (Å²) in [5.74, 6) is 0.651. The van der Waals surface area contributed by atoms with Crippen LogP contribution in [0.2, 0.25) is 0 Å². The molecule has 2 aromatic carbocycles. The highest BCUT2D eigenvalue weighted by Gasteiger charge is 2.22. The molecule has 1 aliphatic rings. The molecule has 1 N–H and O–H groups in total. The minimum Gasteiger partial charge on any atom is -0.306 e. The van der Waals surface area contributed by atoms with Crippen LogP contribution >= 0.6 is 11.3 Å². The van der Waals surface area contributed by atoms with Gasteiger partial charge in [0.2, 0.25) is 0 Å². The van der Waals surface area contributed by atoms with Crippen LogP contribution in [-0.2, 0) is 19.5 Å². The van der Waals surface area contributed by atoms with Gasteiger partial charge in [0.1, 0.15) is 10.8 Å². The van der Waals surface area contributed by atoms with Crippen LogP contribution in [0.5, 0.6) is 0 Å². The highest BCUT2D eigenvalue weighted by molar-refractivity contribution is 7.15. The van der Waals surface area contributed by atoms with Crippen LogP contribution in [0.4, 0.5) is 0 Å². The molecule has 1 aliphatic heterocycles. The van der Waals surface area contributed by atoms with Crippen LogP contribution in [0.25, 0.3) is 22.0 Å². The summed E-state index contributed by atoms with van der Waals surface area (Å²) in [5.41, 5.74) is 5.02. The molecule has 0 bridgehead atoms. The van der Waals surface area contributed by atoms with E-state index in [0.29, 0.717) is 12.4 Å². The molecule has 0 aliphatic carbocycles. The van der Waals surface area contributed by atoms with Gasteiger partial charge in [-0.25, -0.2) is 9.97 Å². The van der Waals surface area contributed by atoms with E-state index in [1.807, 2.05) is 48.7 Å². The second-order valence-electron chi connectivity index (χ2n) is 7.61. The molecule has 0 unspecified atom stereocenters. The SMILES string of the molecule is Cc1ccccc1-c1ncc(CN2CCc3nc(-c4ccccc4)[nH]c(=O)c3C2)s1. The summed E-state index contributed by atoms with van der Waals surface area (Å²) in [6, 6.07) is 18.1. The number of hydrogen-bond acceptors (Lipinski definition) is 5. The molecule has 0 saturated carbocycles. The summed E-state index contributed by atoms with van der Waals surface area (Å²) in [6.45, 7) is 4.41. The number of thiazole rings is 1. The van der Waals surface area contributed by atoms with E-state index in [2.05, 4.69) is 33.9 Å². The fourth-order valence-corrected chi connectivity index (χ4v) is 4.93. The van der Waals surface area contributed by atoms with Crippen LogP contribution in [-0.4, -0.2) is 26.4 Å². The summed E-state index contributed by atoms with van der Waals surface area (Å²) < 4.78 is 0. The third kappa shape index (κ3) is 3.72. The number of nitrogens with zero attached hydrogens (tertiary/aromatic N) is 3. The molecule has 0 fully saturated rings. The summed E-state index contributed by atoms with van der Waals surface area (Å²) >= 11 is 1.72. The fraction of sp³-hybridized carbons (Fsp3) is 0.208. The summed E-state index contributed by atoms with van der Waals surface area (Å²) in [7, 11) is 0. The van der Waals surface area contributed by atoms with Gasteiger partial charge in [0, 0.05) is 48.3 Å². The minimum atomic E-state index is -0.0338. The first-order valence-corrected chi connectivity index (χ1v) is 10.9. The van der Waals surface area contributed by atoms with Gasteiger partial charge in [-0.2, -0.15) is 0 Å². The predicted molar refractivity (Wildman–Crippen MR) is 120 cm³/mol. The smallest absolute Gasteiger partial charge is 0.255 e. The van der Waals surface area contributed by atoms with Crippen molar-refractivity contribution >= 4 is 11.3 Å². The summed E-state index contributed by atoms with van der Waals surface area (Å²) in [5, 5.41) is 1.05. The van der Waals surface area contributed by atoms with Crippen molar-refractivity contribution in [2.75, 3.05) is 6.54 Å². The lowest BCUT2D eigenvalue weighted by atomic mass is 10.1. The van der Waals surface area contributed by atoms with Crippen LogP contribution in [0, 0.1) is 6.92 Å². The van der Waals surface area contributed by atoms with Crippen molar-refractivity contribution in [2.45, 2.75) is 26.4 Å². The molecule has 0 saturated heterocycles. The zero-order valence-corrected chi connectivity index (χ0v) is 17.6. The van der Waals surface area contributed by atoms with Gasteiger partial charge in [0.25, 0.3) is 5.56 Å². The summed E-state index contributed by atoms with van der Waals surface area (Å²) in [4.78, 5) is 28.6. The number of H-pyrrole nitrogens is 1. The fourth-order valence-electron chi connectivity index (χ4n) is 3.89. The third-order valence-corrected chi connectivity index (χ3v) is 6.52. The number of benzene rings is 2. The lowest BCUT2D eigenvalue weighted by Gasteiger charge is -2.27. The quantitative estimate of drug-likeness (QED) is 0.537. The third-order valence-electron chi connectivity index (χ3n) is 5.50. The summed E-state index contributed by atoms with van der Waals surface area (Å²) in [6.07, 6.45) is 2.74. The van der Waals surface area contributed by atoms with E-state index < -0.39 is 0 Å². The van der Waals surface area contributed by atoms with E-state index in [-0.39, 0.29) is 5.56 Å². The van der Waals surface area contributed by atoms with E-state index in [4.69, 9.17) is 4.98 Å². The number of aromatic amines is 1. The number of rotatable bonds is 4. The highest BCUT2D eigenvalue weighted by atomic mass is 32.1. The molecule has 0 spiro atoms. The van der Waals surface area contributed by atoms with Gasteiger partial charge < -0.3 is 4.98 Å². The van der Waals surface area contributed by atoms with Gasteiger partial charge in [-0.1, -0.05) is 54.6 Å². The Balaban J connectivity index is 1.34. The number of aryl methyl sites for hydroxylation is 1. The van der Waals surface area contributed by atoms with Crippen molar-refractivity contribution < 1.29 is 0 Å². The zero-order chi connectivity index (χ0) is 20.5. The maximum atomic E-state index is 12.8. The van der Waals surface area contributed by atoms with Crippen molar-refractivity contribution in [3.05, 3.63) is 92.8 Å². The molecule has 3 heterocycles. The Bertz CT molecular complexity index is 1250. The first kappa shape index (κ1) is 18.9. The molecular formula is C24H22N4OS. The van der Waals surface area contributed by atoms with Crippen molar-refractivity contribution in [3.8, 4) is 22.0 Å². The Labute approximate surface area is 179 Å². The van der Waals surface area contributed by atoms with E-state index in [9.17, 15) is 4.79 Å². The monoisotopic (exact) mass is 414 g/mol. The first-order chi connectivity index (χ1) is 14.7. The Morgan fingerprint density at radius 3 is 2.73 bits per heavy atom. The lowest BCUT2D eigenvalue weighted by molar-refractivity contribution is 0.244. The first-order valence-electron chi connectivity index (χ1n) is 10.1.